The van der Waals surface area contributed by atoms with Crippen LogP contribution in [0.2, 0.25) is 0 Å². The van der Waals surface area contributed by atoms with Gasteiger partial charge in [0.2, 0.25) is 0 Å². The van der Waals surface area contributed by atoms with Crippen LogP contribution in [0.15, 0.2) is 76.5 Å². The summed E-state index contributed by atoms with van der Waals surface area (Å²) in [5.41, 5.74) is 1.35. The van der Waals surface area contributed by atoms with E-state index < -0.39 is 5.97 Å². The minimum atomic E-state index is -1.11. The number of rotatable bonds is 3. The number of carboxylic acid groups (broad SMARTS) is 1. The quantitative estimate of drug-likeness (QED) is 0.551. The summed E-state index contributed by atoms with van der Waals surface area (Å²) in [7, 11) is 0. The van der Waals surface area contributed by atoms with Gasteiger partial charge in [0, 0.05) is 22.4 Å². The number of phenolic OH excluding ortho intramolecular Hbond substituents is 1. The molecule has 3 aromatic rings. The van der Waals surface area contributed by atoms with Gasteiger partial charge in [0.15, 0.2) is 0 Å². The van der Waals surface area contributed by atoms with Crippen molar-refractivity contribution in [1.29, 1.82) is 0 Å². The summed E-state index contributed by atoms with van der Waals surface area (Å²) in [6, 6.07) is 14.7. The van der Waals surface area contributed by atoms with Crippen LogP contribution in [-0.2, 0) is 0 Å². The van der Waals surface area contributed by atoms with Gasteiger partial charge in [0.25, 0.3) is 0 Å². The summed E-state index contributed by atoms with van der Waals surface area (Å²) in [6.07, 6.45) is 4.96. The largest absolute Gasteiger partial charge is 0.507 e. The molecule has 26 heavy (non-hydrogen) atoms. The minimum Gasteiger partial charge on any atom is -0.507 e. The van der Waals surface area contributed by atoms with Crippen LogP contribution >= 0.6 is 15.9 Å². The molecule has 0 spiro atoms. The molecule has 0 atom stereocenters. The maximum Gasteiger partial charge on any atom is 0.339 e. The summed E-state index contributed by atoms with van der Waals surface area (Å²) in [5.74, 6) is -1.11. The lowest BCUT2D eigenvalue weighted by molar-refractivity contribution is 0.0693. The van der Waals surface area contributed by atoms with Gasteiger partial charge in [-0.05, 0) is 42.5 Å². The smallest absolute Gasteiger partial charge is 0.339 e. The average Bonchev–Trinajstić information content (AvgIpc) is 2.64. The molecule has 0 unspecified atom stereocenters. The number of benzene rings is 2. The second kappa shape index (κ2) is 9.33. The number of halogens is 1. The number of pyridine rings is 1. The molecule has 0 bridgehead atoms. The Balaban J connectivity index is 0.000000209. The maximum atomic E-state index is 10.3. The van der Waals surface area contributed by atoms with Crippen molar-refractivity contribution in [2.75, 3.05) is 0 Å². The van der Waals surface area contributed by atoms with Crippen molar-refractivity contribution in [3.63, 3.8) is 0 Å². The first-order chi connectivity index (χ1) is 12.5. The van der Waals surface area contributed by atoms with Crippen LogP contribution in [-0.4, -0.2) is 32.5 Å². The molecule has 0 saturated carbocycles. The summed E-state index contributed by atoms with van der Waals surface area (Å²) in [4.78, 5) is 18.4. The number of phenols is 2. The molecule has 0 saturated heterocycles. The van der Waals surface area contributed by atoms with Crippen LogP contribution in [0.25, 0.3) is 0 Å². The van der Waals surface area contributed by atoms with Crippen molar-refractivity contribution in [3.8, 4) is 11.5 Å². The van der Waals surface area contributed by atoms with Crippen molar-refractivity contribution in [3.05, 3.63) is 82.6 Å². The summed E-state index contributed by atoms with van der Waals surface area (Å²) >= 11 is 3.34. The molecular formula is C19H15BrN2O4. The first kappa shape index (κ1) is 19.1. The molecule has 132 valence electrons. The van der Waals surface area contributed by atoms with E-state index in [2.05, 4.69) is 25.9 Å². The minimum absolute atomic E-state index is 0.0671. The molecular weight excluding hydrogens is 400 g/mol. The van der Waals surface area contributed by atoms with Gasteiger partial charge < -0.3 is 15.3 Å². The van der Waals surface area contributed by atoms with Crippen molar-refractivity contribution < 1.29 is 20.1 Å². The number of carboxylic acids is 1. The molecule has 3 N–H and O–H groups in total. The molecule has 0 aliphatic heterocycles. The van der Waals surface area contributed by atoms with Gasteiger partial charge in [0.1, 0.15) is 17.1 Å². The lowest BCUT2D eigenvalue weighted by atomic mass is 10.2. The Bertz CT molecular complexity index is 914. The molecule has 6 nitrogen and oxygen atoms in total. The lowest BCUT2D eigenvalue weighted by Gasteiger charge is -1.98. The standard InChI is InChI=1S/C12H9BrN2O.C7H6O3/c13-10-3-4-12(16)9(6-10)7-15-11-2-1-5-14-8-11;8-6-4-2-1-3-5(6)7(9)10/h1-8,16H;1-4,8H,(H,9,10). The Morgan fingerprint density at radius 2 is 1.81 bits per heavy atom. The van der Waals surface area contributed by atoms with Crippen LogP contribution in [0.3, 0.4) is 0 Å². The fourth-order valence-corrected chi connectivity index (χ4v) is 2.24. The Morgan fingerprint density at radius 3 is 2.42 bits per heavy atom. The fourth-order valence-electron chi connectivity index (χ4n) is 1.86. The Hall–Kier alpha value is -3.19. The van der Waals surface area contributed by atoms with E-state index in [1.807, 2.05) is 12.1 Å². The highest BCUT2D eigenvalue weighted by Crippen LogP contribution is 2.21. The van der Waals surface area contributed by atoms with E-state index in [0.717, 1.165) is 10.2 Å². The number of carbonyl (C=O) groups is 1. The monoisotopic (exact) mass is 414 g/mol. The highest BCUT2D eigenvalue weighted by Gasteiger charge is 2.05. The van der Waals surface area contributed by atoms with Crippen LogP contribution in [0.4, 0.5) is 5.69 Å². The first-order valence-electron chi connectivity index (χ1n) is 7.41. The Morgan fingerprint density at radius 1 is 1.04 bits per heavy atom. The van der Waals surface area contributed by atoms with E-state index in [1.165, 1.54) is 12.1 Å². The first-order valence-corrected chi connectivity index (χ1v) is 8.20. The number of nitrogens with zero attached hydrogens (tertiary/aromatic N) is 2. The van der Waals surface area contributed by atoms with Gasteiger partial charge in [-0.25, -0.2) is 4.79 Å². The summed E-state index contributed by atoms with van der Waals surface area (Å²) in [6.45, 7) is 0. The lowest BCUT2D eigenvalue weighted by Crippen LogP contribution is -1.95. The zero-order valence-electron chi connectivity index (χ0n) is 13.5. The molecule has 2 aromatic carbocycles. The van der Waals surface area contributed by atoms with E-state index >= 15 is 0 Å². The molecule has 0 aliphatic carbocycles. The van der Waals surface area contributed by atoms with Crippen LogP contribution < -0.4 is 0 Å². The topological polar surface area (TPSA) is 103 Å². The van der Waals surface area contributed by atoms with Crippen molar-refractivity contribution >= 4 is 33.8 Å². The maximum absolute atomic E-state index is 10.3. The van der Waals surface area contributed by atoms with E-state index in [9.17, 15) is 9.90 Å². The molecule has 0 aliphatic rings. The number of aromatic carboxylic acids is 1. The molecule has 0 amide bonds. The van der Waals surface area contributed by atoms with Gasteiger partial charge in [-0.1, -0.05) is 28.1 Å². The fraction of sp³-hybridized carbons (Fsp3) is 0. The average molecular weight is 415 g/mol. The molecule has 0 radical (unpaired) electrons. The highest BCUT2D eigenvalue weighted by molar-refractivity contribution is 9.10. The van der Waals surface area contributed by atoms with E-state index in [1.54, 1.807) is 48.9 Å². The van der Waals surface area contributed by atoms with E-state index in [4.69, 9.17) is 10.2 Å². The predicted octanol–water partition coefficient (Wildman–Crippen LogP) is 4.39. The number of para-hydroxylation sites is 1. The van der Waals surface area contributed by atoms with Crippen molar-refractivity contribution in [2.24, 2.45) is 4.99 Å². The molecule has 7 heteroatoms. The van der Waals surface area contributed by atoms with Gasteiger partial charge in [-0.15, -0.1) is 0 Å². The van der Waals surface area contributed by atoms with E-state index in [0.29, 0.717) is 5.56 Å². The number of aliphatic imine (C=N–C) groups is 1. The van der Waals surface area contributed by atoms with Gasteiger partial charge >= 0.3 is 5.97 Å². The molecule has 1 heterocycles. The Kier molecular flexibility index (Phi) is 6.87. The van der Waals surface area contributed by atoms with E-state index in [-0.39, 0.29) is 17.1 Å². The number of aromatic nitrogens is 1. The molecule has 3 rings (SSSR count). The summed E-state index contributed by atoms with van der Waals surface area (Å²) < 4.78 is 0.901. The number of hydrogen-bond acceptors (Lipinski definition) is 5. The van der Waals surface area contributed by atoms with Crippen LogP contribution in [0.5, 0.6) is 11.5 Å². The van der Waals surface area contributed by atoms with Crippen molar-refractivity contribution in [1.82, 2.24) is 4.98 Å². The van der Waals surface area contributed by atoms with Crippen molar-refractivity contribution in [2.45, 2.75) is 0 Å². The number of hydrogen-bond donors (Lipinski definition) is 3. The highest BCUT2D eigenvalue weighted by atomic mass is 79.9. The van der Waals surface area contributed by atoms with Gasteiger partial charge in [-0.3, -0.25) is 9.98 Å². The second-order valence-corrected chi connectivity index (χ2v) is 5.91. The Labute approximate surface area is 158 Å². The van der Waals surface area contributed by atoms with Gasteiger partial charge in [0.05, 0.1) is 11.9 Å². The third-order valence-corrected chi connectivity index (χ3v) is 3.62. The third-order valence-electron chi connectivity index (χ3n) is 3.12. The zero-order chi connectivity index (χ0) is 18.9. The van der Waals surface area contributed by atoms with Crippen LogP contribution in [0.1, 0.15) is 15.9 Å². The van der Waals surface area contributed by atoms with Gasteiger partial charge in [-0.2, -0.15) is 0 Å². The predicted molar refractivity (Wildman–Crippen MR) is 102 cm³/mol. The zero-order valence-corrected chi connectivity index (χ0v) is 15.0. The van der Waals surface area contributed by atoms with Crippen LogP contribution in [0, 0.1) is 0 Å². The molecule has 0 fully saturated rings. The SMILES string of the molecule is O=C(O)c1ccccc1O.Oc1ccc(Br)cc1C=Nc1cccnc1. The summed E-state index contributed by atoms with van der Waals surface area (Å²) in [5, 5.41) is 26.9. The second-order valence-electron chi connectivity index (χ2n) is 4.99. The number of aromatic hydroxyl groups is 2. The third kappa shape index (κ3) is 5.71. The normalized spacial score (nSPS) is 10.2. The molecule has 1 aromatic heterocycles.